The maximum absolute atomic E-state index is 8.18. The third kappa shape index (κ3) is 5.84. The predicted molar refractivity (Wildman–Crippen MR) is 233 cm³/mol. The number of hydrogen-bond donors (Lipinski definition) is 0. The van der Waals surface area contributed by atoms with Crippen LogP contribution >= 0.6 is 0 Å². The van der Waals surface area contributed by atoms with Crippen molar-refractivity contribution < 1.29 is 0 Å². The van der Waals surface area contributed by atoms with Crippen LogP contribution in [0.15, 0.2) is 212 Å². The van der Waals surface area contributed by atoms with Gasteiger partial charge in [-0.25, -0.2) is 14.8 Å². The lowest BCUT2D eigenvalue weighted by molar-refractivity contribution is 0.769. The Balaban J connectivity index is 1.14. The van der Waals surface area contributed by atoms with E-state index in [1.165, 1.54) is 16.7 Å². The van der Waals surface area contributed by atoms with Gasteiger partial charge in [-0.2, -0.15) is 0 Å². The van der Waals surface area contributed by atoms with Gasteiger partial charge in [-0.3, -0.25) is 0 Å². The van der Waals surface area contributed by atoms with Crippen LogP contribution in [-0.2, 0) is 5.41 Å². The normalized spacial score (nSPS) is 12.3. The van der Waals surface area contributed by atoms with Crippen LogP contribution < -0.4 is 0 Å². The second-order valence-corrected chi connectivity index (χ2v) is 14.4. The van der Waals surface area contributed by atoms with E-state index in [1.807, 2.05) is 36.4 Å². The zero-order valence-electron chi connectivity index (χ0n) is 31.0. The summed E-state index contributed by atoms with van der Waals surface area (Å²) >= 11 is 0. The molecule has 0 atom stereocenters. The molecular formula is C54H35N3. The molecule has 1 aliphatic rings. The molecule has 0 N–H and O–H groups in total. The van der Waals surface area contributed by atoms with Crippen LogP contribution in [0, 0.1) is 6.57 Å². The highest BCUT2D eigenvalue weighted by molar-refractivity contribution is 5.95. The number of nitrogens with zero attached hydrogens (tertiary/aromatic N) is 3. The van der Waals surface area contributed by atoms with Crippen molar-refractivity contribution in [2.45, 2.75) is 5.41 Å². The lowest BCUT2D eigenvalue weighted by atomic mass is 9.67. The van der Waals surface area contributed by atoms with E-state index in [0.29, 0.717) is 11.5 Å². The summed E-state index contributed by atoms with van der Waals surface area (Å²) in [5.74, 6) is 0.681. The minimum absolute atomic E-state index is 0.609. The molecule has 10 rings (SSSR count). The summed E-state index contributed by atoms with van der Waals surface area (Å²) in [6.45, 7) is 8.18. The van der Waals surface area contributed by atoms with Gasteiger partial charge in [0.15, 0.2) is 11.5 Å². The van der Waals surface area contributed by atoms with Crippen molar-refractivity contribution in [1.82, 2.24) is 9.97 Å². The summed E-state index contributed by atoms with van der Waals surface area (Å²) in [5.41, 5.74) is 16.0. The minimum Gasteiger partial charge on any atom is -0.238 e. The molecule has 3 nitrogen and oxygen atoms in total. The van der Waals surface area contributed by atoms with Crippen molar-refractivity contribution >= 4 is 5.69 Å². The third-order valence-corrected chi connectivity index (χ3v) is 11.2. The molecule has 8 aromatic carbocycles. The van der Waals surface area contributed by atoms with Crippen molar-refractivity contribution in [3.05, 3.63) is 246 Å². The molecule has 0 bridgehead atoms. The van der Waals surface area contributed by atoms with Gasteiger partial charge in [0.1, 0.15) is 0 Å². The summed E-state index contributed by atoms with van der Waals surface area (Å²) < 4.78 is 0. The van der Waals surface area contributed by atoms with Gasteiger partial charge in [0.25, 0.3) is 0 Å². The molecule has 0 fully saturated rings. The lowest BCUT2D eigenvalue weighted by Gasteiger charge is -2.34. The van der Waals surface area contributed by atoms with Crippen molar-refractivity contribution in [1.29, 1.82) is 0 Å². The Morgan fingerprint density at radius 3 is 1.42 bits per heavy atom. The Morgan fingerprint density at radius 2 is 0.842 bits per heavy atom. The quantitative estimate of drug-likeness (QED) is 0.153. The van der Waals surface area contributed by atoms with E-state index in [-0.39, 0.29) is 0 Å². The van der Waals surface area contributed by atoms with E-state index >= 15 is 0 Å². The number of aromatic nitrogens is 2. The van der Waals surface area contributed by atoms with E-state index in [4.69, 9.17) is 16.5 Å². The number of hydrogen-bond acceptors (Lipinski definition) is 2. The summed E-state index contributed by atoms with van der Waals surface area (Å²) in [7, 11) is 0. The Hall–Kier alpha value is -7.67. The molecule has 57 heavy (non-hydrogen) atoms. The maximum Gasteiger partial charge on any atom is 0.195 e. The smallest absolute Gasteiger partial charge is 0.195 e. The first-order chi connectivity index (χ1) is 28.2. The molecule has 0 saturated heterocycles. The van der Waals surface area contributed by atoms with E-state index in [1.54, 1.807) is 0 Å². The highest BCUT2D eigenvalue weighted by Crippen LogP contribution is 2.59. The Bertz CT molecular complexity index is 2910. The topological polar surface area (TPSA) is 30.1 Å². The highest BCUT2D eigenvalue weighted by atomic mass is 14.9. The summed E-state index contributed by atoms with van der Waals surface area (Å²) in [5, 5.41) is 0. The van der Waals surface area contributed by atoms with Crippen LogP contribution in [0.1, 0.15) is 22.3 Å². The molecule has 1 heterocycles. The van der Waals surface area contributed by atoms with Crippen molar-refractivity contribution in [3.8, 4) is 67.3 Å². The fraction of sp³-hybridized carbons (Fsp3) is 0.0185. The molecule has 1 aromatic heterocycles. The number of benzene rings is 8. The molecule has 3 heteroatoms. The summed E-state index contributed by atoms with van der Waals surface area (Å²) in [6.07, 6.45) is 0. The summed E-state index contributed by atoms with van der Waals surface area (Å²) in [4.78, 5) is 14.3. The maximum atomic E-state index is 8.18. The van der Waals surface area contributed by atoms with Crippen molar-refractivity contribution in [2.24, 2.45) is 0 Å². The molecule has 266 valence electrons. The zero-order chi connectivity index (χ0) is 38.2. The predicted octanol–water partition coefficient (Wildman–Crippen LogP) is 13.7. The molecule has 0 radical (unpaired) electrons. The molecule has 0 unspecified atom stereocenters. The zero-order valence-corrected chi connectivity index (χ0v) is 31.0. The van der Waals surface area contributed by atoms with Gasteiger partial charge < -0.3 is 0 Å². The van der Waals surface area contributed by atoms with Crippen molar-refractivity contribution in [3.63, 3.8) is 0 Å². The monoisotopic (exact) mass is 725 g/mol. The van der Waals surface area contributed by atoms with Crippen LogP contribution in [0.5, 0.6) is 0 Å². The van der Waals surface area contributed by atoms with E-state index in [9.17, 15) is 0 Å². The second kappa shape index (κ2) is 14.2. The summed E-state index contributed by atoms with van der Waals surface area (Å²) in [6, 6.07) is 74.4. The molecule has 9 aromatic rings. The standard InChI is InChI=1S/C54H35N3/c1-55-49-30-16-29-47-52(49)46-32-31-41(35-48(46)54(47,44-25-10-4-11-26-44)45-27-12-5-13-28-45)40-22-15-24-43(34-40)51-36-50(56-53(57-51)38-19-8-3-9-20-38)42-23-14-21-39(33-42)37-17-6-2-7-18-37/h2-36H. The Morgan fingerprint density at radius 1 is 0.368 bits per heavy atom. The van der Waals surface area contributed by atoms with E-state index in [0.717, 1.165) is 67.0 Å². The molecule has 1 aliphatic carbocycles. The molecule has 0 saturated carbocycles. The molecule has 0 aliphatic heterocycles. The lowest BCUT2D eigenvalue weighted by Crippen LogP contribution is -2.28. The van der Waals surface area contributed by atoms with Gasteiger partial charge in [0, 0.05) is 16.7 Å². The van der Waals surface area contributed by atoms with Crippen LogP contribution in [0.3, 0.4) is 0 Å². The van der Waals surface area contributed by atoms with E-state index < -0.39 is 5.41 Å². The largest absolute Gasteiger partial charge is 0.238 e. The minimum atomic E-state index is -0.609. The van der Waals surface area contributed by atoms with Crippen molar-refractivity contribution in [2.75, 3.05) is 0 Å². The first-order valence-electron chi connectivity index (χ1n) is 19.2. The Kier molecular flexibility index (Phi) is 8.43. The SMILES string of the molecule is [C-]#[N+]c1cccc2c1-c1ccc(-c3cccc(-c4cc(-c5cccc(-c6ccccc6)c5)nc(-c5ccccc5)n4)c3)cc1C2(c1ccccc1)c1ccccc1. The fourth-order valence-electron chi connectivity index (χ4n) is 8.60. The second-order valence-electron chi connectivity index (χ2n) is 14.4. The number of fused-ring (bicyclic) bond motifs is 3. The highest BCUT2D eigenvalue weighted by Gasteiger charge is 2.46. The third-order valence-electron chi connectivity index (χ3n) is 11.2. The van der Waals surface area contributed by atoms with Crippen LogP contribution in [0.4, 0.5) is 5.69 Å². The van der Waals surface area contributed by atoms with E-state index in [2.05, 4.69) is 181 Å². The fourth-order valence-corrected chi connectivity index (χ4v) is 8.60. The molecule has 0 amide bonds. The van der Waals surface area contributed by atoms with Gasteiger partial charge in [0.05, 0.1) is 23.4 Å². The van der Waals surface area contributed by atoms with Gasteiger partial charge in [-0.15, -0.1) is 0 Å². The molecule has 0 spiro atoms. The Labute approximate surface area is 333 Å². The van der Waals surface area contributed by atoms with Gasteiger partial charge in [-0.1, -0.05) is 188 Å². The van der Waals surface area contributed by atoms with Crippen LogP contribution in [0.2, 0.25) is 0 Å². The average Bonchev–Trinajstić information content (AvgIpc) is 3.61. The molecular weight excluding hydrogens is 691 g/mol. The van der Waals surface area contributed by atoms with Gasteiger partial charge >= 0.3 is 0 Å². The first-order valence-corrected chi connectivity index (χ1v) is 19.2. The number of rotatable bonds is 7. The first kappa shape index (κ1) is 33.9. The van der Waals surface area contributed by atoms with Crippen LogP contribution in [0.25, 0.3) is 72.1 Å². The average molecular weight is 726 g/mol. The van der Waals surface area contributed by atoms with Gasteiger partial charge in [0.2, 0.25) is 0 Å². The van der Waals surface area contributed by atoms with Crippen LogP contribution in [-0.4, -0.2) is 9.97 Å². The van der Waals surface area contributed by atoms with Gasteiger partial charge in [-0.05, 0) is 79.9 Å².